The fourth-order valence-electron chi connectivity index (χ4n) is 3.79. The summed E-state index contributed by atoms with van der Waals surface area (Å²) in [5.41, 5.74) is 3.29. The second-order valence-electron chi connectivity index (χ2n) is 8.67. The summed E-state index contributed by atoms with van der Waals surface area (Å²) in [5.74, 6) is 2.07. The van der Waals surface area contributed by atoms with Crippen LogP contribution in [0.2, 0.25) is 0 Å². The molecule has 29 heavy (non-hydrogen) atoms. The van der Waals surface area contributed by atoms with Gasteiger partial charge in [-0.1, -0.05) is 70.2 Å². The van der Waals surface area contributed by atoms with Crippen molar-refractivity contribution in [3.05, 3.63) is 66.0 Å². The quantitative estimate of drug-likeness (QED) is 0.517. The molecule has 0 N–H and O–H groups in total. The van der Waals surface area contributed by atoms with Crippen molar-refractivity contribution in [3.63, 3.8) is 0 Å². The van der Waals surface area contributed by atoms with Crippen LogP contribution < -0.4 is 0 Å². The van der Waals surface area contributed by atoms with Crippen LogP contribution in [0, 0.1) is 11.8 Å². The van der Waals surface area contributed by atoms with E-state index in [1.54, 1.807) is 0 Å². The third-order valence-corrected chi connectivity index (χ3v) is 5.03. The van der Waals surface area contributed by atoms with Crippen LogP contribution in [0.4, 0.5) is 0 Å². The fraction of sp³-hybridized carbons (Fsp3) is 0.440. The number of hydrogen-bond donors (Lipinski definition) is 0. The van der Waals surface area contributed by atoms with Crippen LogP contribution in [-0.4, -0.2) is 33.4 Å². The van der Waals surface area contributed by atoms with E-state index in [2.05, 4.69) is 62.6 Å². The Labute approximate surface area is 174 Å². The van der Waals surface area contributed by atoms with Gasteiger partial charge in [0.25, 0.3) is 0 Å². The molecular formula is C25H33N3O. The van der Waals surface area contributed by atoms with Gasteiger partial charge in [-0.25, -0.2) is 4.98 Å². The molecule has 0 saturated heterocycles. The lowest BCUT2D eigenvalue weighted by atomic mass is 10.1. The van der Waals surface area contributed by atoms with Crippen molar-refractivity contribution in [1.82, 2.24) is 14.5 Å². The molecular weight excluding hydrogens is 358 g/mol. The molecule has 0 bridgehead atoms. The lowest BCUT2D eigenvalue weighted by Crippen LogP contribution is -2.39. The minimum atomic E-state index is 0.177. The standard InChI is InChI=1S/C25H33N3O/c1-19(2)16-27(17-20(3)4)25(29)18-28-23-13-9-8-12-22(23)26-24(28)15-14-21-10-6-5-7-11-21/h5-13,19-20H,14-18H2,1-4H3. The molecule has 0 radical (unpaired) electrons. The van der Waals surface area contributed by atoms with E-state index in [1.807, 2.05) is 29.2 Å². The van der Waals surface area contributed by atoms with Gasteiger partial charge in [0.1, 0.15) is 12.4 Å². The van der Waals surface area contributed by atoms with Gasteiger partial charge in [0.05, 0.1) is 11.0 Å². The Morgan fingerprint density at radius 3 is 2.17 bits per heavy atom. The van der Waals surface area contributed by atoms with Gasteiger partial charge in [-0.2, -0.15) is 0 Å². The molecule has 0 aliphatic heterocycles. The van der Waals surface area contributed by atoms with E-state index < -0.39 is 0 Å². The maximum absolute atomic E-state index is 13.2. The van der Waals surface area contributed by atoms with E-state index in [1.165, 1.54) is 5.56 Å². The van der Waals surface area contributed by atoms with Gasteiger partial charge in [0, 0.05) is 19.5 Å². The van der Waals surface area contributed by atoms with Crippen LogP contribution in [0.25, 0.3) is 11.0 Å². The minimum Gasteiger partial charge on any atom is -0.341 e. The zero-order valence-electron chi connectivity index (χ0n) is 18.1. The Morgan fingerprint density at radius 2 is 1.52 bits per heavy atom. The number of aromatic nitrogens is 2. The number of para-hydroxylation sites is 2. The molecule has 1 heterocycles. The Morgan fingerprint density at radius 1 is 0.897 bits per heavy atom. The van der Waals surface area contributed by atoms with E-state index >= 15 is 0 Å². The third kappa shape index (κ3) is 5.69. The van der Waals surface area contributed by atoms with Crippen LogP contribution in [0.1, 0.15) is 39.1 Å². The first-order valence-corrected chi connectivity index (χ1v) is 10.7. The number of carbonyl (C=O) groups excluding carboxylic acids is 1. The van der Waals surface area contributed by atoms with Crippen LogP contribution in [0.3, 0.4) is 0 Å². The number of fused-ring (bicyclic) bond motifs is 1. The molecule has 2 aromatic carbocycles. The average Bonchev–Trinajstić information content (AvgIpc) is 3.03. The van der Waals surface area contributed by atoms with E-state index in [4.69, 9.17) is 4.98 Å². The summed E-state index contributed by atoms with van der Waals surface area (Å²) in [4.78, 5) is 20.1. The maximum Gasteiger partial charge on any atom is 0.242 e. The van der Waals surface area contributed by atoms with E-state index in [0.717, 1.165) is 42.8 Å². The number of rotatable bonds is 9. The van der Waals surface area contributed by atoms with Gasteiger partial charge in [0.15, 0.2) is 0 Å². The third-order valence-electron chi connectivity index (χ3n) is 5.03. The SMILES string of the molecule is CC(C)CN(CC(C)C)C(=O)Cn1c(CCc2ccccc2)nc2ccccc21. The number of hydrogen-bond acceptors (Lipinski definition) is 2. The average molecular weight is 392 g/mol. The molecule has 1 amide bonds. The molecule has 0 aliphatic carbocycles. The number of nitrogens with zero attached hydrogens (tertiary/aromatic N) is 3. The number of carbonyl (C=O) groups is 1. The first kappa shape index (κ1) is 21.1. The van der Waals surface area contributed by atoms with Crippen molar-refractivity contribution in [2.75, 3.05) is 13.1 Å². The number of imidazole rings is 1. The summed E-state index contributed by atoms with van der Waals surface area (Å²) >= 11 is 0. The summed E-state index contributed by atoms with van der Waals surface area (Å²) in [6, 6.07) is 18.6. The highest BCUT2D eigenvalue weighted by atomic mass is 16.2. The van der Waals surface area contributed by atoms with Crippen LogP contribution in [0.5, 0.6) is 0 Å². The Balaban J connectivity index is 1.85. The summed E-state index contributed by atoms with van der Waals surface area (Å²) in [6.07, 6.45) is 1.74. The highest BCUT2D eigenvalue weighted by Crippen LogP contribution is 2.18. The molecule has 0 atom stereocenters. The van der Waals surface area contributed by atoms with Gasteiger partial charge in [-0.15, -0.1) is 0 Å². The van der Waals surface area contributed by atoms with Gasteiger partial charge in [-0.05, 0) is 36.0 Å². The van der Waals surface area contributed by atoms with Crippen LogP contribution >= 0.6 is 0 Å². The van der Waals surface area contributed by atoms with Crippen molar-refractivity contribution in [1.29, 1.82) is 0 Å². The lowest BCUT2D eigenvalue weighted by molar-refractivity contribution is -0.132. The smallest absolute Gasteiger partial charge is 0.242 e. The second kappa shape index (κ2) is 9.73. The van der Waals surface area contributed by atoms with Crippen molar-refractivity contribution < 1.29 is 4.79 Å². The van der Waals surface area contributed by atoms with Gasteiger partial charge in [0.2, 0.25) is 5.91 Å². The van der Waals surface area contributed by atoms with E-state index in [-0.39, 0.29) is 5.91 Å². The summed E-state index contributed by atoms with van der Waals surface area (Å²) < 4.78 is 2.12. The van der Waals surface area contributed by atoms with Crippen LogP contribution in [-0.2, 0) is 24.2 Å². The van der Waals surface area contributed by atoms with E-state index in [9.17, 15) is 4.79 Å². The fourth-order valence-corrected chi connectivity index (χ4v) is 3.79. The normalized spacial score (nSPS) is 11.5. The molecule has 3 aromatic rings. The molecule has 3 rings (SSSR count). The van der Waals surface area contributed by atoms with Gasteiger partial charge in [-0.3, -0.25) is 4.79 Å². The van der Waals surface area contributed by atoms with Crippen LogP contribution in [0.15, 0.2) is 54.6 Å². The largest absolute Gasteiger partial charge is 0.341 e. The summed E-state index contributed by atoms with van der Waals surface area (Å²) in [6.45, 7) is 10.6. The van der Waals surface area contributed by atoms with Gasteiger partial charge < -0.3 is 9.47 Å². The molecule has 1 aromatic heterocycles. The number of aryl methyl sites for hydroxylation is 2. The minimum absolute atomic E-state index is 0.177. The van der Waals surface area contributed by atoms with Crippen molar-refractivity contribution >= 4 is 16.9 Å². The predicted octanol–water partition coefficient (Wildman–Crippen LogP) is 4.96. The molecule has 0 fully saturated rings. The topological polar surface area (TPSA) is 38.1 Å². The number of amides is 1. The molecule has 0 unspecified atom stereocenters. The zero-order chi connectivity index (χ0) is 20.8. The first-order chi connectivity index (χ1) is 13.9. The lowest BCUT2D eigenvalue weighted by Gasteiger charge is -2.27. The summed E-state index contributed by atoms with van der Waals surface area (Å²) in [7, 11) is 0. The Bertz CT molecular complexity index is 918. The first-order valence-electron chi connectivity index (χ1n) is 10.7. The second-order valence-corrected chi connectivity index (χ2v) is 8.67. The van der Waals surface area contributed by atoms with E-state index in [0.29, 0.717) is 18.4 Å². The molecule has 0 saturated carbocycles. The molecule has 154 valence electrons. The maximum atomic E-state index is 13.2. The number of benzene rings is 2. The monoisotopic (exact) mass is 391 g/mol. The highest BCUT2D eigenvalue weighted by molar-refractivity contribution is 5.81. The highest BCUT2D eigenvalue weighted by Gasteiger charge is 2.20. The molecule has 4 nitrogen and oxygen atoms in total. The Hall–Kier alpha value is -2.62. The zero-order valence-corrected chi connectivity index (χ0v) is 18.1. The van der Waals surface area contributed by atoms with Gasteiger partial charge >= 0.3 is 0 Å². The molecule has 0 spiro atoms. The van der Waals surface area contributed by atoms with Crippen molar-refractivity contribution in [3.8, 4) is 0 Å². The summed E-state index contributed by atoms with van der Waals surface area (Å²) in [5, 5.41) is 0. The molecule has 0 aliphatic rings. The molecule has 4 heteroatoms. The predicted molar refractivity (Wildman–Crippen MR) is 120 cm³/mol. The Kier molecular flexibility index (Phi) is 7.08. The van der Waals surface area contributed by atoms with Crippen molar-refractivity contribution in [2.24, 2.45) is 11.8 Å². The van der Waals surface area contributed by atoms with Crippen molar-refractivity contribution in [2.45, 2.75) is 47.1 Å².